The number of imidazole rings is 1. The Morgan fingerprint density at radius 3 is 2.58 bits per heavy atom. The van der Waals surface area contributed by atoms with Gasteiger partial charge < -0.3 is 9.47 Å². The third kappa shape index (κ3) is 3.82. The molecule has 0 spiro atoms. The second-order valence-corrected chi connectivity index (χ2v) is 6.26. The van der Waals surface area contributed by atoms with Crippen molar-refractivity contribution in [2.24, 2.45) is 0 Å². The summed E-state index contributed by atoms with van der Waals surface area (Å²) < 4.78 is 2.24. The lowest BCUT2D eigenvalue weighted by Crippen LogP contribution is -2.46. The van der Waals surface area contributed by atoms with Gasteiger partial charge in [-0.3, -0.25) is 9.69 Å². The van der Waals surface area contributed by atoms with Crippen molar-refractivity contribution < 1.29 is 4.79 Å². The molecule has 24 heavy (non-hydrogen) atoms. The lowest BCUT2D eigenvalue weighted by atomic mass is 10.2. The molecule has 1 aliphatic rings. The van der Waals surface area contributed by atoms with Crippen LogP contribution < -0.4 is 4.90 Å². The second-order valence-electron chi connectivity index (χ2n) is 6.26. The molecule has 2 aromatic rings. The molecular formula is C18H25N5O. The molecular weight excluding hydrogens is 302 g/mol. The highest BCUT2D eigenvalue weighted by Crippen LogP contribution is 2.15. The molecule has 3 rings (SSSR count). The van der Waals surface area contributed by atoms with Crippen molar-refractivity contribution >= 4 is 11.6 Å². The summed E-state index contributed by atoms with van der Waals surface area (Å²) >= 11 is 0. The molecule has 6 heteroatoms. The van der Waals surface area contributed by atoms with Crippen LogP contribution in [-0.2, 0) is 13.1 Å². The Morgan fingerprint density at radius 1 is 1.17 bits per heavy atom. The molecule has 0 aromatic carbocycles. The van der Waals surface area contributed by atoms with Crippen molar-refractivity contribution in [2.75, 3.05) is 31.1 Å². The zero-order valence-electron chi connectivity index (χ0n) is 14.5. The lowest BCUT2D eigenvalue weighted by molar-refractivity contribution is 0.101. The quantitative estimate of drug-likeness (QED) is 0.762. The van der Waals surface area contributed by atoms with Crippen molar-refractivity contribution in [3.63, 3.8) is 0 Å². The molecule has 0 aliphatic carbocycles. The van der Waals surface area contributed by atoms with Crippen molar-refractivity contribution in [1.29, 1.82) is 0 Å². The number of carbonyl (C=O) groups excluding carboxylic acids is 1. The average Bonchev–Trinajstić information content (AvgIpc) is 3.03. The number of ketones is 1. The Kier molecular flexibility index (Phi) is 5.25. The smallest absolute Gasteiger partial charge is 0.161 e. The van der Waals surface area contributed by atoms with Crippen LogP contribution in [0.25, 0.3) is 0 Å². The molecule has 128 valence electrons. The summed E-state index contributed by atoms with van der Waals surface area (Å²) in [5.74, 6) is 2.16. The van der Waals surface area contributed by atoms with E-state index in [1.165, 1.54) is 0 Å². The standard InChI is InChI=1S/C18H25N5O/c1-3-7-22-8-6-19-18(22)14-21-9-11-23(12-10-21)17-5-4-16(13-20-17)15(2)24/h4-6,8,13H,3,7,9-12,14H2,1-2H3. The minimum absolute atomic E-state index is 0.0569. The van der Waals surface area contributed by atoms with Gasteiger partial charge in [0, 0.05) is 56.9 Å². The van der Waals surface area contributed by atoms with Crippen LogP contribution in [0.15, 0.2) is 30.7 Å². The van der Waals surface area contributed by atoms with Gasteiger partial charge in [-0.2, -0.15) is 0 Å². The van der Waals surface area contributed by atoms with Gasteiger partial charge in [-0.05, 0) is 25.5 Å². The monoisotopic (exact) mass is 327 g/mol. The molecule has 2 aromatic heterocycles. The molecule has 3 heterocycles. The third-order valence-corrected chi connectivity index (χ3v) is 4.48. The molecule has 1 fully saturated rings. The first-order valence-electron chi connectivity index (χ1n) is 8.61. The van der Waals surface area contributed by atoms with Crippen molar-refractivity contribution in [3.8, 4) is 0 Å². The van der Waals surface area contributed by atoms with E-state index in [2.05, 4.69) is 37.5 Å². The molecule has 0 radical (unpaired) electrons. The Labute approximate surface area is 143 Å². The van der Waals surface area contributed by atoms with Crippen molar-refractivity contribution in [1.82, 2.24) is 19.4 Å². The maximum atomic E-state index is 11.3. The minimum atomic E-state index is 0.0569. The van der Waals surface area contributed by atoms with Gasteiger partial charge >= 0.3 is 0 Å². The molecule has 1 saturated heterocycles. The number of anilines is 1. The summed E-state index contributed by atoms with van der Waals surface area (Å²) in [5, 5.41) is 0. The first kappa shape index (κ1) is 16.6. The summed E-state index contributed by atoms with van der Waals surface area (Å²) in [6.07, 6.45) is 6.75. The number of rotatable bonds is 6. The van der Waals surface area contributed by atoms with Gasteiger partial charge in [0.25, 0.3) is 0 Å². The number of hydrogen-bond donors (Lipinski definition) is 0. The average molecular weight is 327 g/mol. The summed E-state index contributed by atoms with van der Waals surface area (Å²) in [4.78, 5) is 25.0. The second kappa shape index (κ2) is 7.57. The number of aromatic nitrogens is 3. The molecule has 0 amide bonds. The zero-order chi connectivity index (χ0) is 16.9. The molecule has 0 saturated carbocycles. The van der Waals surface area contributed by atoms with E-state index < -0.39 is 0 Å². The highest BCUT2D eigenvalue weighted by molar-refractivity contribution is 5.93. The third-order valence-electron chi connectivity index (χ3n) is 4.48. The number of Topliss-reactive ketones (excluding diaryl/α,β-unsaturated/α-hetero) is 1. The Morgan fingerprint density at radius 2 is 1.96 bits per heavy atom. The van der Waals surface area contributed by atoms with E-state index >= 15 is 0 Å². The molecule has 1 aliphatic heterocycles. The lowest BCUT2D eigenvalue weighted by Gasteiger charge is -2.35. The fourth-order valence-electron chi connectivity index (χ4n) is 3.05. The van der Waals surface area contributed by atoms with Crippen LogP contribution in [0.2, 0.25) is 0 Å². The predicted octanol–water partition coefficient (Wildman–Crippen LogP) is 2.21. The number of pyridine rings is 1. The van der Waals surface area contributed by atoms with Gasteiger partial charge in [-0.25, -0.2) is 9.97 Å². The Bertz CT molecular complexity index is 671. The fourth-order valence-corrected chi connectivity index (χ4v) is 3.05. The van der Waals surface area contributed by atoms with Crippen LogP contribution in [0.1, 0.15) is 36.5 Å². The van der Waals surface area contributed by atoms with E-state index in [1.54, 1.807) is 13.1 Å². The number of carbonyl (C=O) groups is 1. The largest absolute Gasteiger partial charge is 0.354 e. The van der Waals surface area contributed by atoms with Crippen LogP contribution in [0, 0.1) is 0 Å². The first-order chi connectivity index (χ1) is 11.7. The van der Waals surface area contributed by atoms with Crippen molar-refractivity contribution in [2.45, 2.75) is 33.4 Å². The van der Waals surface area contributed by atoms with Gasteiger partial charge in [-0.15, -0.1) is 0 Å². The first-order valence-corrected chi connectivity index (χ1v) is 8.61. The maximum Gasteiger partial charge on any atom is 0.161 e. The van der Waals surface area contributed by atoms with Gasteiger partial charge in [0.15, 0.2) is 5.78 Å². The summed E-state index contributed by atoms with van der Waals surface area (Å²) in [6, 6.07) is 3.80. The number of piperazine rings is 1. The minimum Gasteiger partial charge on any atom is -0.354 e. The van der Waals surface area contributed by atoms with E-state index in [0.717, 1.165) is 57.3 Å². The Balaban J connectivity index is 1.55. The summed E-state index contributed by atoms with van der Waals surface area (Å²) in [5.41, 5.74) is 0.667. The van der Waals surface area contributed by atoms with E-state index in [0.29, 0.717) is 5.56 Å². The Hall–Kier alpha value is -2.21. The number of hydrogen-bond acceptors (Lipinski definition) is 5. The van der Waals surface area contributed by atoms with Gasteiger partial charge in [0.1, 0.15) is 11.6 Å². The maximum absolute atomic E-state index is 11.3. The summed E-state index contributed by atoms with van der Waals surface area (Å²) in [7, 11) is 0. The van der Waals surface area contributed by atoms with E-state index in [4.69, 9.17) is 0 Å². The molecule has 0 N–H and O–H groups in total. The van der Waals surface area contributed by atoms with Crippen molar-refractivity contribution in [3.05, 3.63) is 42.1 Å². The SMILES string of the molecule is CCCn1ccnc1CN1CCN(c2ccc(C(C)=O)cn2)CC1. The number of aryl methyl sites for hydroxylation is 1. The summed E-state index contributed by atoms with van der Waals surface area (Å²) in [6.45, 7) is 9.57. The number of nitrogens with zero attached hydrogens (tertiary/aromatic N) is 5. The predicted molar refractivity (Wildman–Crippen MR) is 94.2 cm³/mol. The van der Waals surface area contributed by atoms with Gasteiger partial charge in [0.2, 0.25) is 0 Å². The van der Waals surface area contributed by atoms with Gasteiger partial charge in [-0.1, -0.05) is 6.92 Å². The van der Waals surface area contributed by atoms with Crippen LogP contribution in [0.3, 0.4) is 0 Å². The highest BCUT2D eigenvalue weighted by atomic mass is 16.1. The topological polar surface area (TPSA) is 54.3 Å². The van der Waals surface area contributed by atoms with Crippen LogP contribution >= 0.6 is 0 Å². The fraction of sp³-hybridized carbons (Fsp3) is 0.500. The van der Waals surface area contributed by atoms with E-state index in [1.807, 2.05) is 18.3 Å². The van der Waals surface area contributed by atoms with Crippen LogP contribution in [0.4, 0.5) is 5.82 Å². The van der Waals surface area contributed by atoms with E-state index in [-0.39, 0.29) is 5.78 Å². The molecule has 0 unspecified atom stereocenters. The normalized spacial score (nSPS) is 15.7. The molecule has 0 bridgehead atoms. The van der Waals surface area contributed by atoms with E-state index in [9.17, 15) is 4.79 Å². The zero-order valence-corrected chi connectivity index (χ0v) is 14.5. The van der Waals surface area contributed by atoms with Gasteiger partial charge in [0.05, 0.1) is 6.54 Å². The molecule has 0 atom stereocenters. The highest BCUT2D eigenvalue weighted by Gasteiger charge is 2.19. The molecule has 6 nitrogen and oxygen atoms in total. The van der Waals surface area contributed by atoms with Crippen LogP contribution in [0.5, 0.6) is 0 Å². The van der Waals surface area contributed by atoms with Crippen LogP contribution in [-0.4, -0.2) is 51.4 Å².